The van der Waals surface area contributed by atoms with Crippen molar-refractivity contribution in [3.8, 4) is 28.6 Å². The molecule has 1 aromatic heterocycles. The standard InChI is InChI=1S/C39H49N5O9/c1-38(2,3)53-37(49)42-28-16-10-8-6-7-9-13-24-21-39(24,36(47)48)43-33(45)29-20-25(22-44(29)35(28)46)52-34-32(40-26-14-11-12-15-27(26)41-34)23-17-18-30(50-4)31(19-23)51-5/h11-12,14-15,17-19,24-25,28-29H,6-10,13,16,20-22H2,1-5H3,(H,42,49)(H,43,45)(H,47,48)/t24?,25-,28+,29+,39?/m1/s1. The number of nitrogens with one attached hydrogen (secondary N) is 2. The molecule has 3 heterocycles. The maximum Gasteiger partial charge on any atom is 0.408 e. The Morgan fingerprint density at radius 3 is 2.30 bits per heavy atom. The second-order valence-electron chi connectivity index (χ2n) is 15.1. The fourth-order valence-electron chi connectivity index (χ4n) is 7.40. The number of carboxylic acids is 1. The third kappa shape index (κ3) is 8.42. The second kappa shape index (κ2) is 15.5. The predicted molar refractivity (Wildman–Crippen MR) is 195 cm³/mol. The normalized spacial score (nSPS) is 25.2. The lowest BCUT2D eigenvalue weighted by atomic mass is 10.0. The zero-order chi connectivity index (χ0) is 37.9. The first-order valence-electron chi connectivity index (χ1n) is 18.3. The maximum absolute atomic E-state index is 14.5. The number of hydrogen-bond donors (Lipinski definition) is 3. The molecule has 0 spiro atoms. The molecule has 2 aromatic carbocycles. The highest BCUT2D eigenvalue weighted by Gasteiger charge is 2.62. The van der Waals surface area contributed by atoms with Gasteiger partial charge in [0.25, 0.3) is 0 Å². The minimum Gasteiger partial charge on any atom is -0.493 e. The molecule has 3 fully saturated rings. The first-order chi connectivity index (χ1) is 25.3. The molecule has 6 rings (SSSR count). The van der Waals surface area contributed by atoms with Crippen molar-refractivity contribution in [2.45, 2.75) is 108 Å². The molecule has 284 valence electrons. The number of methoxy groups -OCH3 is 2. The Morgan fingerprint density at radius 2 is 1.62 bits per heavy atom. The number of hydrogen-bond acceptors (Lipinski definition) is 10. The van der Waals surface area contributed by atoms with Gasteiger partial charge < -0.3 is 39.6 Å². The van der Waals surface area contributed by atoms with E-state index in [0.29, 0.717) is 59.5 Å². The van der Waals surface area contributed by atoms with E-state index in [4.69, 9.17) is 28.9 Å². The van der Waals surface area contributed by atoms with Gasteiger partial charge in [-0.15, -0.1) is 0 Å². The van der Waals surface area contributed by atoms with Gasteiger partial charge in [0.05, 0.1) is 31.8 Å². The van der Waals surface area contributed by atoms with Crippen LogP contribution >= 0.6 is 0 Å². The molecule has 1 saturated carbocycles. The van der Waals surface area contributed by atoms with Crippen LogP contribution in [0.4, 0.5) is 4.79 Å². The van der Waals surface area contributed by atoms with Crippen LogP contribution in [0.1, 0.15) is 78.6 Å². The van der Waals surface area contributed by atoms with Gasteiger partial charge in [0.1, 0.15) is 35.0 Å². The number of fused-ring (bicyclic) bond motifs is 3. The molecule has 3 aliphatic rings. The Morgan fingerprint density at radius 1 is 0.943 bits per heavy atom. The smallest absolute Gasteiger partial charge is 0.408 e. The Labute approximate surface area is 308 Å². The Hall–Kier alpha value is -5.14. The SMILES string of the molecule is COc1ccc(-c2nc3ccccc3nc2O[C@@H]2C[C@H]3C(=O)NC4(C(=O)O)CC4CCCCCCC[C@H](NC(=O)OC(C)(C)C)C(=O)N3C2)cc1OC. The van der Waals surface area contributed by atoms with Crippen LogP contribution in [0.15, 0.2) is 42.5 Å². The van der Waals surface area contributed by atoms with Crippen LogP contribution in [-0.2, 0) is 19.1 Å². The van der Waals surface area contributed by atoms with E-state index in [-0.39, 0.29) is 24.8 Å². The van der Waals surface area contributed by atoms with Gasteiger partial charge in [-0.25, -0.2) is 19.6 Å². The molecule has 14 nitrogen and oxygen atoms in total. The van der Waals surface area contributed by atoms with Crippen molar-refractivity contribution >= 4 is 34.9 Å². The zero-order valence-corrected chi connectivity index (χ0v) is 31.0. The molecular weight excluding hydrogens is 682 g/mol. The largest absolute Gasteiger partial charge is 0.493 e. The summed E-state index contributed by atoms with van der Waals surface area (Å²) in [6, 6.07) is 10.6. The molecule has 2 unspecified atom stereocenters. The van der Waals surface area contributed by atoms with Crippen LogP contribution in [0.25, 0.3) is 22.3 Å². The van der Waals surface area contributed by atoms with Gasteiger partial charge in [-0.3, -0.25) is 9.59 Å². The molecule has 0 bridgehead atoms. The number of rotatable bonds is 7. The summed E-state index contributed by atoms with van der Waals surface area (Å²) in [7, 11) is 3.08. The van der Waals surface area contributed by atoms with Gasteiger partial charge in [-0.2, -0.15) is 0 Å². The molecule has 0 radical (unpaired) electrons. The van der Waals surface area contributed by atoms with E-state index < -0.39 is 53.2 Å². The highest BCUT2D eigenvalue weighted by molar-refractivity contribution is 5.96. The molecular formula is C39H49N5O9. The lowest BCUT2D eigenvalue weighted by Gasteiger charge is -2.30. The lowest BCUT2D eigenvalue weighted by Crippen LogP contribution is -2.56. The summed E-state index contributed by atoms with van der Waals surface area (Å²) in [6.07, 6.45) is 4.10. The van der Waals surface area contributed by atoms with Crippen LogP contribution in [0.5, 0.6) is 17.4 Å². The summed E-state index contributed by atoms with van der Waals surface area (Å²) in [5.74, 6) is -1.13. The van der Waals surface area contributed by atoms with Crippen LogP contribution in [0.3, 0.4) is 0 Å². The number of carbonyl (C=O) groups excluding carboxylic acids is 3. The average molecular weight is 732 g/mol. The summed E-state index contributed by atoms with van der Waals surface area (Å²) in [4.78, 5) is 65.3. The minimum absolute atomic E-state index is 0.0210. The minimum atomic E-state index is -1.39. The number of amides is 3. The van der Waals surface area contributed by atoms with Crippen molar-refractivity contribution in [1.82, 2.24) is 25.5 Å². The number of alkyl carbamates (subject to hydrolysis) is 1. The average Bonchev–Trinajstić information content (AvgIpc) is 3.66. The number of carbonyl (C=O) groups is 4. The Balaban J connectivity index is 1.35. The van der Waals surface area contributed by atoms with E-state index in [1.807, 2.05) is 30.3 Å². The van der Waals surface area contributed by atoms with Gasteiger partial charge in [-0.05, 0) is 76.3 Å². The lowest BCUT2D eigenvalue weighted by molar-refractivity contribution is -0.146. The van der Waals surface area contributed by atoms with E-state index >= 15 is 0 Å². The molecule has 1 aliphatic carbocycles. The van der Waals surface area contributed by atoms with E-state index in [0.717, 1.165) is 25.7 Å². The fraction of sp³-hybridized carbons (Fsp3) is 0.538. The topological polar surface area (TPSA) is 179 Å². The first-order valence-corrected chi connectivity index (χ1v) is 18.3. The summed E-state index contributed by atoms with van der Waals surface area (Å²) < 4.78 is 23.1. The Bertz CT molecular complexity index is 1860. The zero-order valence-electron chi connectivity index (χ0n) is 31.0. The van der Waals surface area contributed by atoms with Crippen molar-refractivity contribution in [1.29, 1.82) is 0 Å². The van der Waals surface area contributed by atoms with Crippen molar-refractivity contribution < 1.29 is 43.2 Å². The van der Waals surface area contributed by atoms with Crippen LogP contribution < -0.4 is 24.8 Å². The van der Waals surface area contributed by atoms with E-state index in [1.54, 1.807) is 40.0 Å². The second-order valence-corrected chi connectivity index (χ2v) is 15.1. The van der Waals surface area contributed by atoms with Gasteiger partial charge >= 0.3 is 12.1 Å². The summed E-state index contributed by atoms with van der Waals surface area (Å²) in [5, 5.41) is 15.9. The van der Waals surface area contributed by atoms with E-state index in [1.165, 1.54) is 12.0 Å². The molecule has 14 heteroatoms. The number of para-hydroxylation sites is 2. The van der Waals surface area contributed by atoms with Crippen molar-refractivity contribution in [2.75, 3.05) is 20.8 Å². The van der Waals surface area contributed by atoms with Gasteiger partial charge in [0, 0.05) is 12.0 Å². The molecule has 3 amide bonds. The summed E-state index contributed by atoms with van der Waals surface area (Å²) in [6.45, 7) is 5.20. The first kappa shape index (κ1) is 37.6. The molecule has 2 saturated heterocycles. The maximum atomic E-state index is 14.5. The van der Waals surface area contributed by atoms with Gasteiger partial charge in [-0.1, -0.05) is 44.2 Å². The third-order valence-corrected chi connectivity index (χ3v) is 10.2. The number of aliphatic carboxylic acids is 1. The molecule has 2 aliphatic heterocycles. The highest BCUT2D eigenvalue weighted by atomic mass is 16.6. The van der Waals surface area contributed by atoms with Crippen molar-refractivity contribution in [3.63, 3.8) is 0 Å². The summed E-state index contributed by atoms with van der Waals surface area (Å²) >= 11 is 0. The fourth-order valence-corrected chi connectivity index (χ4v) is 7.40. The summed E-state index contributed by atoms with van der Waals surface area (Å²) in [5.41, 5.74) is 0.0945. The number of carboxylic acid groups (broad SMARTS) is 1. The third-order valence-electron chi connectivity index (χ3n) is 10.2. The van der Waals surface area contributed by atoms with Gasteiger partial charge in [0.2, 0.25) is 17.7 Å². The quantitative estimate of drug-likeness (QED) is 0.289. The molecule has 3 N–H and O–H groups in total. The molecule has 3 aromatic rings. The number of nitrogens with zero attached hydrogens (tertiary/aromatic N) is 3. The van der Waals surface area contributed by atoms with Crippen LogP contribution in [0.2, 0.25) is 0 Å². The Kier molecular flexibility index (Phi) is 11.0. The highest BCUT2D eigenvalue weighted by Crippen LogP contribution is 2.47. The van der Waals surface area contributed by atoms with Gasteiger partial charge in [0.15, 0.2) is 11.5 Å². The van der Waals surface area contributed by atoms with Crippen molar-refractivity contribution in [2.24, 2.45) is 5.92 Å². The molecule has 53 heavy (non-hydrogen) atoms. The van der Waals surface area contributed by atoms with E-state index in [9.17, 15) is 24.3 Å². The number of aromatic nitrogens is 2. The van der Waals surface area contributed by atoms with Crippen LogP contribution in [-0.4, -0.2) is 93.9 Å². The van der Waals surface area contributed by atoms with Crippen LogP contribution in [0, 0.1) is 5.92 Å². The van der Waals surface area contributed by atoms with E-state index in [2.05, 4.69) is 10.6 Å². The number of benzene rings is 2. The molecule has 5 atom stereocenters. The predicted octanol–water partition coefficient (Wildman–Crippen LogP) is 5.26. The number of ether oxygens (including phenoxy) is 4. The monoisotopic (exact) mass is 731 g/mol. The van der Waals surface area contributed by atoms with Crippen molar-refractivity contribution in [3.05, 3.63) is 42.5 Å².